The number of hydrogen-bond acceptors (Lipinski definition) is 3. The Morgan fingerprint density at radius 1 is 1.10 bits per heavy atom. The average molecular weight is 329 g/mol. The summed E-state index contributed by atoms with van der Waals surface area (Å²) < 4.78 is 1.41. The number of anilines is 2. The minimum absolute atomic E-state index is 0.0393. The highest BCUT2D eigenvalue weighted by molar-refractivity contribution is 8.25. The lowest BCUT2D eigenvalue weighted by Crippen LogP contribution is -2.09. The van der Waals surface area contributed by atoms with Gasteiger partial charge in [0.1, 0.15) is 0 Å². The zero-order valence-corrected chi connectivity index (χ0v) is 12.6. The summed E-state index contributed by atoms with van der Waals surface area (Å²) in [5.41, 5.74) is 1.09. The molecule has 0 aliphatic rings. The Labute approximate surface area is 125 Å². The van der Waals surface area contributed by atoms with Gasteiger partial charge in [0.15, 0.2) is 0 Å². The molecule has 0 saturated heterocycles. The predicted octanol–water partition coefficient (Wildman–Crippen LogP) is 4.19. The van der Waals surface area contributed by atoms with Gasteiger partial charge < -0.3 is 4.89 Å². The molecular weight excluding hydrogens is 319 g/mol. The number of para-hydroxylation sites is 1. The molecule has 0 aliphatic heterocycles. The van der Waals surface area contributed by atoms with Crippen molar-refractivity contribution in [2.45, 2.75) is 0 Å². The monoisotopic (exact) mass is 328 g/mol. The van der Waals surface area contributed by atoms with E-state index in [4.69, 9.17) is 23.0 Å². The van der Waals surface area contributed by atoms with Gasteiger partial charge in [-0.1, -0.05) is 18.2 Å². The van der Waals surface area contributed by atoms with Gasteiger partial charge in [-0.25, -0.2) is 0 Å². The van der Waals surface area contributed by atoms with Gasteiger partial charge in [0.25, 0.3) is 5.69 Å². The summed E-state index contributed by atoms with van der Waals surface area (Å²) in [5.74, 6) is -3.29. The van der Waals surface area contributed by atoms with Crippen molar-refractivity contribution < 1.29 is 9.82 Å². The molecule has 0 spiro atoms. The van der Waals surface area contributed by atoms with Crippen LogP contribution in [0.1, 0.15) is 0 Å². The van der Waals surface area contributed by atoms with Crippen LogP contribution in [-0.4, -0.2) is 9.82 Å². The van der Waals surface area contributed by atoms with Crippen LogP contribution in [0.3, 0.4) is 0 Å². The molecule has 8 heteroatoms. The van der Waals surface area contributed by atoms with Crippen molar-refractivity contribution in [3.8, 4) is 0 Å². The number of hydrogen-bond donors (Lipinski definition) is 1. The average Bonchev–Trinajstić information content (AvgIpc) is 2.39. The van der Waals surface area contributed by atoms with Crippen LogP contribution in [0.15, 0.2) is 54.6 Å². The standard InChI is InChI=1S/C12H10ClN2O3PS/c13-19(18,20)14(10-4-2-1-3-5-10)11-6-8-12(9-7-11)15(16)17/h1-9H,(H,18,20). The smallest absolute Gasteiger partial charge is 0.269 e. The zero-order chi connectivity index (χ0) is 14.8. The molecule has 20 heavy (non-hydrogen) atoms. The molecular formula is C12H10ClN2O3PS. The number of non-ortho nitro benzene ring substituents is 1. The highest BCUT2D eigenvalue weighted by Crippen LogP contribution is 2.57. The lowest BCUT2D eigenvalue weighted by atomic mass is 10.2. The van der Waals surface area contributed by atoms with E-state index < -0.39 is 10.7 Å². The van der Waals surface area contributed by atoms with Gasteiger partial charge in [-0.15, -0.1) is 0 Å². The van der Waals surface area contributed by atoms with Crippen molar-refractivity contribution in [3.05, 3.63) is 64.7 Å². The fourth-order valence-electron chi connectivity index (χ4n) is 1.72. The molecule has 0 heterocycles. The van der Waals surface area contributed by atoms with Crippen LogP contribution in [-0.2, 0) is 11.8 Å². The third-order valence-electron chi connectivity index (χ3n) is 2.55. The molecule has 2 aromatic rings. The van der Waals surface area contributed by atoms with E-state index in [2.05, 4.69) is 0 Å². The Kier molecular flexibility index (Phi) is 4.40. The molecule has 104 valence electrons. The van der Waals surface area contributed by atoms with E-state index in [9.17, 15) is 15.0 Å². The van der Waals surface area contributed by atoms with Gasteiger partial charge in [0.05, 0.1) is 4.92 Å². The second kappa shape index (κ2) is 5.89. The van der Waals surface area contributed by atoms with E-state index in [1.165, 1.54) is 28.9 Å². The van der Waals surface area contributed by atoms with Gasteiger partial charge in [-0.05, 0) is 47.3 Å². The van der Waals surface area contributed by atoms with E-state index in [0.717, 1.165) is 0 Å². The molecule has 2 rings (SSSR count). The van der Waals surface area contributed by atoms with Crippen LogP contribution in [0, 0.1) is 10.1 Å². The zero-order valence-electron chi connectivity index (χ0n) is 10.1. The molecule has 0 aliphatic carbocycles. The van der Waals surface area contributed by atoms with Crippen LogP contribution in [0.5, 0.6) is 0 Å². The van der Waals surface area contributed by atoms with Crippen LogP contribution >= 0.6 is 17.0 Å². The van der Waals surface area contributed by atoms with E-state index in [0.29, 0.717) is 11.4 Å². The second-order valence-corrected chi connectivity index (χ2v) is 8.78. The van der Waals surface area contributed by atoms with Gasteiger partial charge >= 0.3 is 0 Å². The summed E-state index contributed by atoms with van der Waals surface area (Å²) in [6, 6.07) is 14.6. The van der Waals surface area contributed by atoms with E-state index >= 15 is 0 Å². The number of nitrogens with zero attached hydrogens (tertiary/aromatic N) is 2. The summed E-state index contributed by atoms with van der Waals surface area (Å²) in [7, 11) is 0. The third-order valence-corrected chi connectivity index (χ3v) is 4.45. The van der Waals surface area contributed by atoms with Crippen molar-refractivity contribution in [1.82, 2.24) is 0 Å². The van der Waals surface area contributed by atoms with Crippen LogP contribution < -0.4 is 4.67 Å². The summed E-state index contributed by atoms with van der Waals surface area (Å²) in [4.78, 5) is 20.2. The van der Waals surface area contributed by atoms with Crippen molar-refractivity contribution >= 4 is 45.9 Å². The minimum Gasteiger partial charge on any atom is -0.338 e. The molecule has 0 bridgehead atoms. The summed E-state index contributed by atoms with van der Waals surface area (Å²) in [6.07, 6.45) is 0. The lowest BCUT2D eigenvalue weighted by Gasteiger charge is -2.28. The van der Waals surface area contributed by atoms with Crippen LogP contribution in [0.2, 0.25) is 0 Å². The highest BCUT2D eigenvalue weighted by atomic mass is 35.7. The molecule has 5 nitrogen and oxygen atoms in total. The Morgan fingerprint density at radius 3 is 2.05 bits per heavy atom. The van der Waals surface area contributed by atoms with E-state index in [1.807, 2.05) is 6.07 Å². The Morgan fingerprint density at radius 2 is 1.60 bits per heavy atom. The largest absolute Gasteiger partial charge is 0.338 e. The Balaban J connectivity index is 2.48. The molecule has 0 fully saturated rings. The number of benzene rings is 2. The minimum atomic E-state index is -3.29. The van der Waals surface area contributed by atoms with Gasteiger partial charge in [0.2, 0.25) is 5.77 Å². The molecule has 0 saturated carbocycles. The molecule has 1 atom stereocenters. The maximum absolute atomic E-state index is 10.7. The molecule has 0 aromatic heterocycles. The first kappa shape index (κ1) is 14.9. The molecule has 0 amide bonds. The van der Waals surface area contributed by atoms with Gasteiger partial charge in [-0.3, -0.25) is 14.8 Å². The van der Waals surface area contributed by atoms with Crippen molar-refractivity contribution in [1.29, 1.82) is 0 Å². The lowest BCUT2D eigenvalue weighted by molar-refractivity contribution is -0.384. The maximum atomic E-state index is 10.7. The Bertz CT molecular complexity index is 660. The SMILES string of the molecule is O=[N+]([O-])c1ccc(N(c2ccccc2)P(O)(=S)Cl)cc1. The quantitative estimate of drug-likeness (QED) is 0.518. The van der Waals surface area contributed by atoms with Crippen molar-refractivity contribution in [2.75, 3.05) is 4.67 Å². The topological polar surface area (TPSA) is 66.6 Å². The molecule has 1 N–H and O–H groups in total. The Hall–Kier alpha value is -1.46. The number of nitro groups is 1. The predicted molar refractivity (Wildman–Crippen MR) is 84.0 cm³/mol. The third kappa shape index (κ3) is 3.35. The fraction of sp³-hybridized carbons (Fsp3) is 0. The normalized spacial score (nSPS) is 13.5. The van der Waals surface area contributed by atoms with E-state index in [1.54, 1.807) is 24.3 Å². The molecule has 0 radical (unpaired) electrons. The van der Waals surface area contributed by atoms with Crippen molar-refractivity contribution in [3.63, 3.8) is 0 Å². The van der Waals surface area contributed by atoms with E-state index in [-0.39, 0.29) is 5.69 Å². The molecule has 1 unspecified atom stereocenters. The number of halogens is 1. The molecule has 2 aromatic carbocycles. The number of nitro benzene ring substituents is 1. The van der Waals surface area contributed by atoms with Crippen molar-refractivity contribution in [2.24, 2.45) is 0 Å². The summed E-state index contributed by atoms with van der Waals surface area (Å²) in [6.45, 7) is 0. The first-order valence-electron chi connectivity index (χ1n) is 5.52. The maximum Gasteiger partial charge on any atom is 0.269 e. The van der Waals surface area contributed by atoms with Gasteiger partial charge in [0, 0.05) is 23.5 Å². The fourth-order valence-corrected chi connectivity index (χ4v) is 3.64. The highest BCUT2D eigenvalue weighted by Gasteiger charge is 2.23. The van der Waals surface area contributed by atoms with Gasteiger partial charge in [-0.2, -0.15) is 0 Å². The summed E-state index contributed by atoms with van der Waals surface area (Å²) >= 11 is 10.9. The first-order chi connectivity index (χ1) is 9.39. The second-order valence-electron chi connectivity index (χ2n) is 3.89. The first-order valence-corrected chi connectivity index (χ1v) is 9.13. The van der Waals surface area contributed by atoms with Crippen LogP contribution in [0.4, 0.5) is 17.1 Å². The number of rotatable bonds is 4. The summed E-state index contributed by atoms with van der Waals surface area (Å²) in [5, 5.41) is 10.7. The van der Waals surface area contributed by atoms with Crippen LogP contribution in [0.25, 0.3) is 0 Å².